The van der Waals surface area contributed by atoms with Gasteiger partial charge in [0.05, 0.1) is 12.3 Å². The Morgan fingerprint density at radius 1 is 1.39 bits per heavy atom. The molecule has 0 fully saturated rings. The number of likely N-dealkylation sites (N-methyl/N-ethyl adjacent to an activating group) is 1. The van der Waals surface area contributed by atoms with Crippen LogP contribution < -0.4 is 10.6 Å². The average molecular weight is 254 g/mol. The zero-order valence-electron chi connectivity index (χ0n) is 11.6. The zero-order valence-corrected chi connectivity index (χ0v) is 11.6. The van der Waals surface area contributed by atoms with Crippen LogP contribution in [0.4, 0.5) is 10.1 Å². The maximum atomic E-state index is 14.1. The highest BCUT2D eigenvalue weighted by Crippen LogP contribution is 2.29. The molecule has 0 radical (unpaired) electrons. The Kier molecular flexibility index (Phi) is 5.56. The third kappa shape index (κ3) is 3.21. The second-order valence-electron chi connectivity index (χ2n) is 4.56. The summed E-state index contributed by atoms with van der Waals surface area (Å²) in [6, 6.07) is 4.97. The van der Waals surface area contributed by atoms with E-state index in [1.165, 1.54) is 6.07 Å². The van der Waals surface area contributed by atoms with Crippen LogP contribution in [0.2, 0.25) is 0 Å². The monoisotopic (exact) mass is 254 g/mol. The van der Waals surface area contributed by atoms with Gasteiger partial charge < -0.3 is 15.4 Å². The molecule has 0 heterocycles. The standard InChI is InChI=1S/C14H23FN2O/c1-5-17(10(2)9-18-4)14-12(11(3)16)7-6-8-13(14)15/h6-8,10-11H,5,9,16H2,1-4H3/t10?,11-/m0/s1. The van der Waals surface area contributed by atoms with E-state index in [1.807, 2.05) is 31.7 Å². The van der Waals surface area contributed by atoms with Crippen molar-refractivity contribution in [3.63, 3.8) is 0 Å². The number of hydrogen-bond donors (Lipinski definition) is 1. The summed E-state index contributed by atoms with van der Waals surface area (Å²) in [4.78, 5) is 2.00. The van der Waals surface area contributed by atoms with Gasteiger partial charge in [0.25, 0.3) is 0 Å². The number of nitrogens with zero attached hydrogens (tertiary/aromatic N) is 1. The first kappa shape index (κ1) is 14.9. The smallest absolute Gasteiger partial charge is 0.146 e. The molecular weight excluding hydrogens is 231 g/mol. The zero-order chi connectivity index (χ0) is 13.7. The van der Waals surface area contributed by atoms with Crippen molar-refractivity contribution >= 4 is 5.69 Å². The lowest BCUT2D eigenvalue weighted by Gasteiger charge is -2.32. The molecule has 1 unspecified atom stereocenters. The number of nitrogens with two attached hydrogens (primary N) is 1. The summed E-state index contributed by atoms with van der Waals surface area (Å²) in [6.07, 6.45) is 0. The Hall–Kier alpha value is -1.13. The van der Waals surface area contributed by atoms with Crippen LogP contribution in [0, 0.1) is 5.82 Å². The van der Waals surface area contributed by atoms with Gasteiger partial charge in [-0.1, -0.05) is 12.1 Å². The van der Waals surface area contributed by atoms with Crippen molar-refractivity contribution in [3.8, 4) is 0 Å². The van der Waals surface area contributed by atoms with E-state index in [0.717, 1.165) is 5.56 Å². The lowest BCUT2D eigenvalue weighted by molar-refractivity contribution is 0.181. The number of para-hydroxylation sites is 1. The van der Waals surface area contributed by atoms with Crippen LogP contribution in [0.5, 0.6) is 0 Å². The Labute approximate surface area is 109 Å². The van der Waals surface area contributed by atoms with Crippen molar-refractivity contribution < 1.29 is 9.13 Å². The van der Waals surface area contributed by atoms with Crippen LogP contribution in [0.15, 0.2) is 18.2 Å². The summed E-state index contributed by atoms with van der Waals surface area (Å²) in [7, 11) is 1.65. The molecule has 0 aliphatic rings. The molecule has 1 aromatic carbocycles. The third-order valence-corrected chi connectivity index (χ3v) is 3.08. The van der Waals surface area contributed by atoms with Crippen LogP contribution >= 0.6 is 0 Å². The highest BCUT2D eigenvalue weighted by molar-refractivity contribution is 5.56. The van der Waals surface area contributed by atoms with Crippen LogP contribution in [0.25, 0.3) is 0 Å². The number of rotatable bonds is 6. The normalized spacial score (nSPS) is 14.3. The molecule has 2 N–H and O–H groups in total. The van der Waals surface area contributed by atoms with E-state index >= 15 is 0 Å². The SMILES string of the molecule is CCN(c1c(F)cccc1[C@H](C)N)C(C)COC. The summed E-state index contributed by atoms with van der Waals surface area (Å²) in [5.74, 6) is -0.227. The van der Waals surface area contributed by atoms with Gasteiger partial charge in [0.1, 0.15) is 5.82 Å². The quantitative estimate of drug-likeness (QED) is 0.848. The van der Waals surface area contributed by atoms with Gasteiger partial charge in [-0.3, -0.25) is 0 Å². The molecule has 2 atom stereocenters. The molecule has 0 saturated heterocycles. The third-order valence-electron chi connectivity index (χ3n) is 3.08. The first-order chi connectivity index (χ1) is 8.52. The maximum absolute atomic E-state index is 14.1. The molecule has 102 valence electrons. The van der Waals surface area contributed by atoms with Gasteiger partial charge in [0.2, 0.25) is 0 Å². The maximum Gasteiger partial charge on any atom is 0.146 e. The number of hydrogen-bond acceptors (Lipinski definition) is 3. The molecule has 0 aliphatic heterocycles. The minimum Gasteiger partial charge on any atom is -0.383 e. The number of ether oxygens (including phenoxy) is 1. The fourth-order valence-electron chi connectivity index (χ4n) is 2.22. The minimum absolute atomic E-state index is 0.106. The number of methoxy groups -OCH3 is 1. The first-order valence-electron chi connectivity index (χ1n) is 6.32. The van der Waals surface area contributed by atoms with Crippen molar-refractivity contribution in [2.24, 2.45) is 5.73 Å². The average Bonchev–Trinajstić information content (AvgIpc) is 2.32. The van der Waals surface area contributed by atoms with Crippen molar-refractivity contribution in [3.05, 3.63) is 29.6 Å². The van der Waals surface area contributed by atoms with E-state index in [9.17, 15) is 4.39 Å². The van der Waals surface area contributed by atoms with Crippen LogP contribution in [0.1, 0.15) is 32.4 Å². The number of halogens is 1. The molecule has 0 spiro atoms. The summed E-state index contributed by atoms with van der Waals surface area (Å²) < 4.78 is 19.3. The predicted molar refractivity (Wildman–Crippen MR) is 73.4 cm³/mol. The van der Waals surface area contributed by atoms with E-state index in [1.54, 1.807) is 13.2 Å². The van der Waals surface area contributed by atoms with Crippen LogP contribution in [-0.4, -0.2) is 26.3 Å². The van der Waals surface area contributed by atoms with Crippen molar-refractivity contribution in [1.82, 2.24) is 0 Å². The lowest BCUT2D eigenvalue weighted by Crippen LogP contribution is -2.37. The Bertz CT molecular complexity index is 382. The van der Waals surface area contributed by atoms with E-state index in [0.29, 0.717) is 18.8 Å². The van der Waals surface area contributed by atoms with Crippen molar-refractivity contribution in [1.29, 1.82) is 0 Å². The van der Waals surface area contributed by atoms with Gasteiger partial charge in [0, 0.05) is 25.7 Å². The van der Waals surface area contributed by atoms with Gasteiger partial charge >= 0.3 is 0 Å². The van der Waals surface area contributed by atoms with Crippen molar-refractivity contribution in [2.45, 2.75) is 32.9 Å². The molecule has 0 aromatic heterocycles. The summed E-state index contributed by atoms with van der Waals surface area (Å²) in [5.41, 5.74) is 7.36. The fraction of sp³-hybridized carbons (Fsp3) is 0.571. The molecule has 18 heavy (non-hydrogen) atoms. The van der Waals surface area contributed by atoms with Gasteiger partial charge in [-0.15, -0.1) is 0 Å². The summed E-state index contributed by atoms with van der Waals surface area (Å²) in [6.45, 7) is 7.16. The topological polar surface area (TPSA) is 38.5 Å². The minimum atomic E-state index is -0.227. The van der Waals surface area contributed by atoms with Gasteiger partial charge in [-0.2, -0.15) is 0 Å². The lowest BCUT2D eigenvalue weighted by atomic mass is 10.0. The van der Waals surface area contributed by atoms with Crippen molar-refractivity contribution in [2.75, 3.05) is 25.2 Å². The van der Waals surface area contributed by atoms with Gasteiger partial charge in [0.15, 0.2) is 0 Å². The number of anilines is 1. The molecule has 3 nitrogen and oxygen atoms in total. The van der Waals surface area contributed by atoms with E-state index in [2.05, 4.69) is 0 Å². The molecule has 0 saturated carbocycles. The second-order valence-corrected chi connectivity index (χ2v) is 4.56. The highest BCUT2D eigenvalue weighted by atomic mass is 19.1. The largest absolute Gasteiger partial charge is 0.383 e. The van der Waals surface area contributed by atoms with Gasteiger partial charge in [-0.05, 0) is 32.4 Å². The predicted octanol–water partition coefficient (Wildman–Crippen LogP) is 2.71. The Balaban J connectivity index is 3.19. The van der Waals surface area contributed by atoms with Crippen LogP contribution in [-0.2, 0) is 4.74 Å². The molecule has 1 rings (SSSR count). The Morgan fingerprint density at radius 2 is 2.06 bits per heavy atom. The summed E-state index contributed by atoms with van der Waals surface area (Å²) >= 11 is 0. The van der Waals surface area contributed by atoms with Gasteiger partial charge in [-0.25, -0.2) is 4.39 Å². The van der Waals surface area contributed by atoms with Crippen LogP contribution in [0.3, 0.4) is 0 Å². The van der Waals surface area contributed by atoms with E-state index in [-0.39, 0.29) is 17.9 Å². The molecule has 0 amide bonds. The number of benzene rings is 1. The molecule has 4 heteroatoms. The molecular formula is C14H23FN2O. The first-order valence-corrected chi connectivity index (χ1v) is 6.32. The fourth-order valence-corrected chi connectivity index (χ4v) is 2.22. The second kappa shape index (κ2) is 6.71. The van der Waals surface area contributed by atoms with E-state index in [4.69, 9.17) is 10.5 Å². The Morgan fingerprint density at radius 3 is 2.56 bits per heavy atom. The molecule has 0 bridgehead atoms. The molecule has 0 aliphatic carbocycles. The molecule has 1 aromatic rings. The highest BCUT2D eigenvalue weighted by Gasteiger charge is 2.21. The van der Waals surface area contributed by atoms with E-state index < -0.39 is 0 Å². The summed E-state index contributed by atoms with van der Waals surface area (Å²) in [5, 5.41) is 0.